The summed E-state index contributed by atoms with van der Waals surface area (Å²) in [6, 6.07) is 0. The third-order valence-electron chi connectivity index (χ3n) is 0. The van der Waals surface area contributed by atoms with Crippen molar-refractivity contribution in [1.29, 1.82) is 0 Å². The van der Waals surface area contributed by atoms with Gasteiger partial charge in [0.2, 0.25) is 0 Å². The van der Waals surface area contributed by atoms with Crippen molar-refractivity contribution in [1.82, 2.24) is 0 Å². The summed E-state index contributed by atoms with van der Waals surface area (Å²) in [4.78, 5) is 0. The molecule has 0 aliphatic rings. The molecule has 0 radical (unpaired) electrons. The van der Waals surface area contributed by atoms with E-state index in [2.05, 4.69) is 30.5 Å². The van der Waals surface area contributed by atoms with Gasteiger partial charge in [-0.15, -0.1) is 0 Å². The van der Waals surface area contributed by atoms with E-state index in [0.717, 1.165) is 0 Å². The molecule has 0 unspecified atom stereocenters. The second kappa shape index (κ2) is 3.46. The molecule has 0 rings (SSSR count). The Balaban J connectivity index is 3.02. The minimum atomic E-state index is -1.47. The summed E-state index contributed by atoms with van der Waals surface area (Å²) in [6.45, 7) is 0. The van der Waals surface area contributed by atoms with E-state index in [4.69, 9.17) is 0 Å². The van der Waals surface area contributed by atoms with Gasteiger partial charge in [-0.1, -0.05) is 0 Å². The zero-order valence-electron chi connectivity index (χ0n) is 1.78. The van der Waals surface area contributed by atoms with Gasteiger partial charge in [0.05, 0.1) is 0 Å². The van der Waals surface area contributed by atoms with Gasteiger partial charge in [0.25, 0.3) is 0 Å². The van der Waals surface area contributed by atoms with Crippen molar-refractivity contribution in [3.63, 3.8) is 0 Å². The summed E-state index contributed by atoms with van der Waals surface area (Å²) in [7, 11) is 13.1. The standard InChI is InChI=1S/4BrH.Yb/h4*1H;/q;;;;+4/p-4. The monoisotopic (exact) mass is 490 g/mol. The normalized spacial score (nSPS) is 15.2. The molecule has 0 aromatic rings. The quantitative estimate of drug-likeness (QED) is 0.487. The first-order chi connectivity index (χ1) is 2.00. The molecular formula is Br4Yb. The Morgan fingerprint density at radius 3 is 0.800 bits per heavy atom. The van der Waals surface area contributed by atoms with Gasteiger partial charge in [0.15, 0.2) is 0 Å². The summed E-state index contributed by atoms with van der Waals surface area (Å²) < 4.78 is 0. The Bertz CT molecular complexity index is 19.1. The molecule has 0 saturated heterocycles. The molecule has 0 amide bonds. The van der Waals surface area contributed by atoms with Crippen molar-refractivity contribution in [2.45, 2.75) is 0 Å². The molecule has 0 heterocycles. The average Bonchev–Trinajstić information content (AvgIpc) is 0.722. The van der Waals surface area contributed by atoms with Crippen LogP contribution in [0, 0.1) is 24.4 Å². The molecule has 0 nitrogen and oxygen atoms in total. The van der Waals surface area contributed by atoms with E-state index in [-0.39, 0.29) is 0 Å². The maximum absolute atomic E-state index is 3.28. The van der Waals surface area contributed by atoms with Crippen LogP contribution >= 0.6 is 30.5 Å². The Labute approximate surface area is 52.2 Å². The van der Waals surface area contributed by atoms with E-state index in [1.165, 1.54) is 0 Å². The first-order valence-electron chi connectivity index (χ1n) is 0.404. The van der Waals surface area contributed by atoms with Crippen LogP contribution in [0.2, 0.25) is 0 Å². The van der Waals surface area contributed by atoms with E-state index >= 15 is 0 Å². The summed E-state index contributed by atoms with van der Waals surface area (Å²) in [5, 5.41) is 0. The van der Waals surface area contributed by atoms with Crippen molar-refractivity contribution >= 4 is 30.5 Å². The van der Waals surface area contributed by atoms with Crippen molar-refractivity contribution < 1.29 is 24.4 Å². The van der Waals surface area contributed by atoms with Crippen LogP contribution in [0.1, 0.15) is 0 Å². The van der Waals surface area contributed by atoms with Crippen LogP contribution in [0.15, 0.2) is 0 Å². The van der Waals surface area contributed by atoms with Crippen molar-refractivity contribution in [2.24, 2.45) is 0 Å². The summed E-state index contributed by atoms with van der Waals surface area (Å²) in [5.74, 6) is 0. The Morgan fingerprint density at radius 2 is 0.800 bits per heavy atom. The van der Waals surface area contributed by atoms with E-state index in [9.17, 15) is 0 Å². The Morgan fingerprint density at radius 1 is 0.800 bits per heavy atom. The van der Waals surface area contributed by atoms with E-state index in [1.54, 1.807) is 0 Å². The molecule has 42 valence electrons. The fraction of sp³-hybridized carbons (Fsp3) is 0. The molecule has 5 heteroatoms. The third kappa shape index (κ3) is 18.6. The average molecular weight is 493 g/mol. The minimum absolute atomic E-state index is 1.47. The van der Waals surface area contributed by atoms with Crippen LogP contribution in [-0.2, 0) is 0 Å². The molecular weight excluding hydrogens is 493 g/mol. The number of hydrogen-bond acceptors (Lipinski definition) is 0. The van der Waals surface area contributed by atoms with E-state index < -0.39 is 24.4 Å². The molecule has 0 spiro atoms. The third-order valence-corrected chi connectivity index (χ3v) is 0. The van der Waals surface area contributed by atoms with Crippen molar-refractivity contribution in [2.75, 3.05) is 0 Å². The topological polar surface area (TPSA) is 0 Å². The summed E-state index contributed by atoms with van der Waals surface area (Å²) >= 11 is -1.47. The zero-order valence-corrected chi connectivity index (χ0v) is 9.84. The number of hydrogen-bond donors (Lipinski definition) is 0. The predicted octanol–water partition coefficient (Wildman–Crippen LogP) is 3.38. The van der Waals surface area contributed by atoms with E-state index in [0.29, 0.717) is 0 Å². The van der Waals surface area contributed by atoms with Crippen LogP contribution in [-0.4, -0.2) is 0 Å². The van der Waals surface area contributed by atoms with Gasteiger partial charge in [0, 0.05) is 0 Å². The second-order valence-electron chi connectivity index (χ2n) is 0.229. The molecule has 0 aromatic heterocycles. The fourth-order valence-corrected chi connectivity index (χ4v) is 0. The summed E-state index contributed by atoms with van der Waals surface area (Å²) in [6.07, 6.45) is 0. The Kier molecular flexibility index (Phi) is 5.84. The van der Waals surface area contributed by atoms with Crippen molar-refractivity contribution in [3.8, 4) is 0 Å². The van der Waals surface area contributed by atoms with Crippen molar-refractivity contribution in [3.05, 3.63) is 0 Å². The van der Waals surface area contributed by atoms with Gasteiger partial charge in [-0.25, -0.2) is 0 Å². The SMILES string of the molecule is [Br][Yb]([Br])([Br])[Br]. The molecule has 0 fully saturated rings. The van der Waals surface area contributed by atoms with Crippen LogP contribution in [0.3, 0.4) is 0 Å². The van der Waals surface area contributed by atoms with Gasteiger partial charge in [-0.05, 0) is 0 Å². The molecule has 0 N–H and O–H groups in total. The molecule has 0 aliphatic heterocycles. The maximum atomic E-state index is 3.28. The Hall–Kier alpha value is 3.44. The molecule has 0 atom stereocenters. The molecule has 0 aromatic carbocycles. The van der Waals surface area contributed by atoms with E-state index in [1.807, 2.05) is 0 Å². The first-order valence-corrected chi connectivity index (χ1v) is 15.6. The van der Waals surface area contributed by atoms with Crippen LogP contribution in [0.25, 0.3) is 0 Å². The van der Waals surface area contributed by atoms with Crippen LogP contribution < -0.4 is 0 Å². The van der Waals surface area contributed by atoms with Gasteiger partial charge < -0.3 is 0 Å². The van der Waals surface area contributed by atoms with Gasteiger partial charge in [0.1, 0.15) is 0 Å². The number of rotatable bonds is 0. The van der Waals surface area contributed by atoms with Crippen LogP contribution in [0.4, 0.5) is 0 Å². The summed E-state index contributed by atoms with van der Waals surface area (Å²) in [5.41, 5.74) is 0. The zero-order chi connectivity index (χ0) is 4.50. The van der Waals surface area contributed by atoms with Gasteiger partial charge in [-0.3, -0.25) is 0 Å². The van der Waals surface area contributed by atoms with Gasteiger partial charge >= 0.3 is 54.9 Å². The molecule has 5 heavy (non-hydrogen) atoms. The first kappa shape index (κ1) is 8.44. The number of halogens is 4. The fourth-order valence-electron chi connectivity index (χ4n) is 0. The molecule has 0 bridgehead atoms. The van der Waals surface area contributed by atoms with Gasteiger partial charge in [-0.2, -0.15) is 0 Å². The molecule has 0 aliphatic carbocycles. The van der Waals surface area contributed by atoms with Crippen LogP contribution in [0.5, 0.6) is 0 Å². The second-order valence-corrected chi connectivity index (χ2v) is 45.9. The predicted molar refractivity (Wildman–Crippen MR) is 35.7 cm³/mol. The molecule has 0 saturated carbocycles.